The van der Waals surface area contributed by atoms with Crippen molar-refractivity contribution in [3.63, 3.8) is 0 Å². The van der Waals surface area contributed by atoms with Crippen molar-refractivity contribution in [3.8, 4) is 16.9 Å². The number of allylic oxidation sites excluding steroid dienone is 1. The first kappa shape index (κ1) is 17.8. The number of ether oxygens (including phenoxy) is 1. The molecular formula is C23H14F2O3. The van der Waals surface area contributed by atoms with Crippen LogP contribution >= 0.6 is 0 Å². The highest BCUT2D eigenvalue weighted by Crippen LogP contribution is 2.41. The zero-order valence-electron chi connectivity index (χ0n) is 14.8. The van der Waals surface area contributed by atoms with Gasteiger partial charge in [-0.1, -0.05) is 36.4 Å². The molecule has 0 unspecified atom stereocenters. The highest BCUT2D eigenvalue weighted by atomic mass is 19.1. The van der Waals surface area contributed by atoms with Crippen LogP contribution in [-0.2, 0) is 4.79 Å². The third-order valence-corrected chi connectivity index (χ3v) is 4.52. The quantitative estimate of drug-likeness (QED) is 0.461. The molecule has 0 saturated heterocycles. The number of halogens is 2. The van der Waals surface area contributed by atoms with Crippen LogP contribution in [0.1, 0.15) is 28.4 Å². The molecule has 4 rings (SSSR count). The summed E-state index contributed by atoms with van der Waals surface area (Å²) in [4.78, 5) is 24.4. The van der Waals surface area contributed by atoms with Crippen LogP contribution in [0.15, 0.2) is 60.7 Å². The average Bonchev–Trinajstić information content (AvgIpc) is 2.98. The fourth-order valence-electron chi connectivity index (χ4n) is 3.33. The molecule has 0 bridgehead atoms. The minimum absolute atomic E-state index is 0.126. The number of rotatable bonds is 3. The summed E-state index contributed by atoms with van der Waals surface area (Å²) in [5.41, 5.74) is 1.68. The SMILES string of the molecule is CC(=O)Oc1cc2c(c(-c3ccccc3F)c1)C=C(c1ccccc1F)C2=O. The largest absolute Gasteiger partial charge is 0.427 e. The molecule has 3 aromatic rings. The van der Waals surface area contributed by atoms with Crippen molar-refractivity contribution in [2.75, 3.05) is 0 Å². The number of hydrogen-bond acceptors (Lipinski definition) is 3. The van der Waals surface area contributed by atoms with Gasteiger partial charge in [0.1, 0.15) is 17.4 Å². The van der Waals surface area contributed by atoms with Gasteiger partial charge in [0.2, 0.25) is 0 Å². The van der Waals surface area contributed by atoms with E-state index in [9.17, 15) is 18.4 Å². The molecule has 1 aliphatic rings. The van der Waals surface area contributed by atoms with Crippen molar-refractivity contribution in [1.82, 2.24) is 0 Å². The predicted octanol–water partition coefficient (Wildman–Crippen LogP) is 5.29. The third kappa shape index (κ3) is 3.01. The topological polar surface area (TPSA) is 43.4 Å². The monoisotopic (exact) mass is 376 g/mol. The molecule has 0 heterocycles. The summed E-state index contributed by atoms with van der Waals surface area (Å²) in [5.74, 6) is -1.85. The smallest absolute Gasteiger partial charge is 0.308 e. The van der Waals surface area contributed by atoms with Crippen molar-refractivity contribution in [1.29, 1.82) is 0 Å². The Bertz CT molecular complexity index is 1160. The molecular weight excluding hydrogens is 362 g/mol. The highest BCUT2D eigenvalue weighted by Gasteiger charge is 2.29. The standard InChI is InChI=1S/C23H14F2O3/c1-13(26)28-14-10-17(15-6-2-4-8-21(15)24)18-12-20(23(27)19(18)11-14)16-7-3-5-9-22(16)25/h2-12H,1H3. The van der Waals surface area contributed by atoms with E-state index in [2.05, 4.69) is 0 Å². The molecule has 3 aromatic carbocycles. The zero-order valence-corrected chi connectivity index (χ0v) is 14.8. The summed E-state index contributed by atoms with van der Waals surface area (Å²) in [6, 6.07) is 15.0. The molecule has 5 heteroatoms. The van der Waals surface area contributed by atoms with Gasteiger partial charge in [0.15, 0.2) is 5.78 Å². The summed E-state index contributed by atoms with van der Waals surface area (Å²) in [6.07, 6.45) is 1.55. The molecule has 3 nitrogen and oxygen atoms in total. The molecule has 0 radical (unpaired) electrons. The minimum atomic E-state index is -0.563. The van der Waals surface area contributed by atoms with Gasteiger partial charge in [-0.05, 0) is 41.5 Å². The fraction of sp³-hybridized carbons (Fsp3) is 0.0435. The number of benzene rings is 3. The Morgan fingerprint density at radius 2 is 1.39 bits per heavy atom. The van der Waals surface area contributed by atoms with E-state index in [0.717, 1.165) is 0 Å². The average molecular weight is 376 g/mol. The lowest BCUT2D eigenvalue weighted by Crippen LogP contribution is -2.05. The van der Waals surface area contributed by atoms with E-state index in [1.807, 2.05) is 0 Å². The van der Waals surface area contributed by atoms with Crippen molar-refractivity contribution < 1.29 is 23.1 Å². The highest BCUT2D eigenvalue weighted by molar-refractivity contribution is 6.38. The number of esters is 1. The summed E-state index contributed by atoms with van der Waals surface area (Å²) in [5, 5.41) is 0. The second-order valence-electron chi connectivity index (χ2n) is 6.37. The molecule has 0 amide bonds. The molecule has 0 atom stereocenters. The lowest BCUT2D eigenvalue weighted by molar-refractivity contribution is -0.131. The van der Waals surface area contributed by atoms with E-state index in [1.165, 1.54) is 43.3 Å². The van der Waals surface area contributed by atoms with E-state index in [0.29, 0.717) is 11.1 Å². The van der Waals surface area contributed by atoms with Gasteiger partial charge in [0.05, 0.1) is 0 Å². The van der Waals surface area contributed by atoms with Crippen LogP contribution < -0.4 is 4.74 Å². The van der Waals surface area contributed by atoms with Gasteiger partial charge >= 0.3 is 5.97 Å². The van der Waals surface area contributed by atoms with Crippen LogP contribution in [0.25, 0.3) is 22.8 Å². The first-order valence-electron chi connectivity index (χ1n) is 8.58. The number of carbonyl (C=O) groups excluding carboxylic acids is 2. The summed E-state index contributed by atoms with van der Waals surface area (Å²) in [6.45, 7) is 1.24. The number of fused-ring (bicyclic) bond motifs is 1. The van der Waals surface area contributed by atoms with Crippen molar-refractivity contribution in [3.05, 3.63) is 89.0 Å². The zero-order chi connectivity index (χ0) is 19.8. The van der Waals surface area contributed by atoms with E-state index in [4.69, 9.17) is 4.74 Å². The second kappa shape index (κ2) is 6.85. The first-order valence-corrected chi connectivity index (χ1v) is 8.58. The van der Waals surface area contributed by atoms with Gasteiger partial charge in [-0.3, -0.25) is 9.59 Å². The van der Waals surface area contributed by atoms with Gasteiger partial charge < -0.3 is 4.74 Å². The first-order chi connectivity index (χ1) is 13.5. The van der Waals surface area contributed by atoms with Crippen LogP contribution in [0.2, 0.25) is 0 Å². The Kier molecular flexibility index (Phi) is 4.35. The Hall–Kier alpha value is -3.60. The van der Waals surface area contributed by atoms with Crippen LogP contribution in [0.5, 0.6) is 5.75 Å². The van der Waals surface area contributed by atoms with Crippen molar-refractivity contribution in [2.45, 2.75) is 6.92 Å². The van der Waals surface area contributed by atoms with Crippen molar-refractivity contribution >= 4 is 23.4 Å². The Morgan fingerprint density at radius 1 is 0.821 bits per heavy atom. The molecule has 0 aliphatic heterocycles. The van der Waals surface area contributed by atoms with E-state index in [1.54, 1.807) is 30.3 Å². The fourth-order valence-corrected chi connectivity index (χ4v) is 3.33. The van der Waals surface area contributed by atoms with Crippen LogP contribution in [0.3, 0.4) is 0 Å². The van der Waals surface area contributed by atoms with Crippen LogP contribution in [0, 0.1) is 11.6 Å². The maximum Gasteiger partial charge on any atom is 0.308 e. The summed E-state index contributed by atoms with van der Waals surface area (Å²) < 4.78 is 33.8. The maximum absolute atomic E-state index is 14.4. The van der Waals surface area contributed by atoms with E-state index < -0.39 is 23.4 Å². The van der Waals surface area contributed by atoms with Crippen molar-refractivity contribution in [2.24, 2.45) is 0 Å². The summed E-state index contributed by atoms with van der Waals surface area (Å²) in [7, 11) is 0. The molecule has 1 aliphatic carbocycles. The summed E-state index contributed by atoms with van der Waals surface area (Å²) >= 11 is 0. The van der Waals surface area contributed by atoms with Gasteiger partial charge in [0, 0.05) is 29.2 Å². The van der Waals surface area contributed by atoms with Crippen LogP contribution in [-0.4, -0.2) is 11.8 Å². The van der Waals surface area contributed by atoms with E-state index >= 15 is 0 Å². The molecule has 28 heavy (non-hydrogen) atoms. The maximum atomic E-state index is 14.4. The second-order valence-corrected chi connectivity index (χ2v) is 6.37. The minimum Gasteiger partial charge on any atom is -0.427 e. The molecule has 0 aromatic heterocycles. The van der Waals surface area contributed by atoms with Gasteiger partial charge in [-0.25, -0.2) is 8.78 Å². The Labute approximate surface area is 159 Å². The van der Waals surface area contributed by atoms with Gasteiger partial charge in [-0.2, -0.15) is 0 Å². The van der Waals surface area contributed by atoms with Crippen LogP contribution in [0.4, 0.5) is 8.78 Å². The number of hydrogen-bond donors (Lipinski definition) is 0. The molecule has 0 N–H and O–H groups in total. The molecule has 0 spiro atoms. The Morgan fingerprint density at radius 3 is 2.00 bits per heavy atom. The third-order valence-electron chi connectivity index (χ3n) is 4.52. The predicted molar refractivity (Wildman–Crippen MR) is 102 cm³/mol. The van der Waals surface area contributed by atoms with Gasteiger partial charge in [0.25, 0.3) is 0 Å². The number of Topliss-reactive ketones (excluding diaryl/α,β-unsaturated/α-hetero) is 1. The molecule has 138 valence electrons. The molecule has 0 saturated carbocycles. The number of ketones is 1. The lowest BCUT2D eigenvalue weighted by atomic mass is 9.96. The molecule has 0 fully saturated rings. The van der Waals surface area contributed by atoms with Gasteiger partial charge in [-0.15, -0.1) is 0 Å². The normalized spacial score (nSPS) is 12.5. The Balaban J connectivity index is 1.95. The number of carbonyl (C=O) groups is 2. The van der Waals surface area contributed by atoms with E-state index in [-0.39, 0.29) is 28.0 Å². The lowest BCUT2D eigenvalue weighted by Gasteiger charge is -2.11.